The van der Waals surface area contributed by atoms with E-state index in [1.54, 1.807) is 31.2 Å². The summed E-state index contributed by atoms with van der Waals surface area (Å²) in [6, 6.07) is 8.72. The number of rotatable bonds is 3. The van der Waals surface area contributed by atoms with E-state index in [0.29, 0.717) is 5.75 Å². The molecule has 0 aliphatic heterocycles. The molecule has 1 unspecified atom stereocenters. The van der Waals surface area contributed by atoms with Crippen molar-refractivity contribution in [3.8, 4) is 5.75 Å². The number of alkyl halides is 1. The number of para-hydroxylation sites is 1. The van der Waals surface area contributed by atoms with Crippen molar-refractivity contribution in [3.63, 3.8) is 0 Å². The molecule has 1 aromatic rings. The standard InChI is InChI=1S/C10H11ClO3/c1-8(7-11)13-10(12)14-9-5-3-2-4-6-9/h2-6,8H,7H2,1H3. The maximum absolute atomic E-state index is 11.1. The van der Waals surface area contributed by atoms with E-state index in [1.165, 1.54) is 0 Å². The lowest BCUT2D eigenvalue weighted by atomic mass is 10.3. The first-order valence-corrected chi connectivity index (χ1v) is 4.75. The molecule has 0 spiro atoms. The Hall–Kier alpha value is -1.22. The Morgan fingerprint density at radius 2 is 2.07 bits per heavy atom. The molecular formula is C10H11ClO3. The van der Waals surface area contributed by atoms with Crippen LogP contribution >= 0.6 is 11.6 Å². The first-order valence-electron chi connectivity index (χ1n) is 4.22. The molecule has 4 heteroatoms. The average molecular weight is 215 g/mol. The number of carbonyl (C=O) groups is 1. The molecule has 0 amide bonds. The van der Waals surface area contributed by atoms with Crippen LogP contribution in [0, 0.1) is 0 Å². The van der Waals surface area contributed by atoms with Gasteiger partial charge in [0.25, 0.3) is 0 Å². The Kier molecular flexibility index (Phi) is 4.26. The highest BCUT2D eigenvalue weighted by Crippen LogP contribution is 2.09. The van der Waals surface area contributed by atoms with Gasteiger partial charge < -0.3 is 9.47 Å². The first-order chi connectivity index (χ1) is 6.72. The van der Waals surface area contributed by atoms with Gasteiger partial charge in [-0.25, -0.2) is 4.79 Å². The fraction of sp³-hybridized carbons (Fsp3) is 0.300. The average Bonchev–Trinajstić information content (AvgIpc) is 2.19. The van der Waals surface area contributed by atoms with Crippen LogP contribution in [-0.4, -0.2) is 18.1 Å². The van der Waals surface area contributed by atoms with Crippen LogP contribution in [0.5, 0.6) is 5.75 Å². The van der Waals surface area contributed by atoms with E-state index in [1.807, 2.05) is 6.07 Å². The van der Waals surface area contributed by atoms with E-state index in [2.05, 4.69) is 0 Å². The molecule has 0 N–H and O–H groups in total. The van der Waals surface area contributed by atoms with Crippen LogP contribution in [0.3, 0.4) is 0 Å². The third-order valence-electron chi connectivity index (χ3n) is 1.46. The summed E-state index contributed by atoms with van der Waals surface area (Å²) in [7, 11) is 0. The zero-order valence-electron chi connectivity index (χ0n) is 7.77. The van der Waals surface area contributed by atoms with Crippen molar-refractivity contribution in [2.45, 2.75) is 13.0 Å². The van der Waals surface area contributed by atoms with Crippen molar-refractivity contribution in [3.05, 3.63) is 30.3 Å². The van der Waals surface area contributed by atoms with Crippen molar-refractivity contribution in [2.24, 2.45) is 0 Å². The third kappa shape index (κ3) is 3.66. The number of benzene rings is 1. The minimum absolute atomic E-state index is 0.254. The van der Waals surface area contributed by atoms with Crippen LogP contribution in [0.1, 0.15) is 6.92 Å². The number of halogens is 1. The Labute approximate surface area is 87.6 Å². The molecule has 1 atom stereocenters. The smallest absolute Gasteiger partial charge is 0.430 e. The Morgan fingerprint density at radius 3 is 2.64 bits per heavy atom. The van der Waals surface area contributed by atoms with Crippen LogP contribution in [-0.2, 0) is 4.74 Å². The van der Waals surface area contributed by atoms with Gasteiger partial charge in [0.1, 0.15) is 11.9 Å². The molecule has 0 fully saturated rings. The molecule has 0 saturated carbocycles. The fourth-order valence-corrected chi connectivity index (χ4v) is 0.868. The van der Waals surface area contributed by atoms with E-state index in [4.69, 9.17) is 21.1 Å². The highest BCUT2D eigenvalue weighted by atomic mass is 35.5. The van der Waals surface area contributed by atoms with Crippen molar-refractivity contribution in [1.82, 2.24) is 0 Å². The largest absolute Gasteiger partial charge is 0.514 e. The highest BCUT2D eigenvalue weighted by molar-refractivity contribution is 6.18. The zero-order valence-corrected chi connectivity index (χ0v) is 8.53. The van der Waals surface area contributed by atoms with Gasteiger partial charge in [0.15, 0.2) is 0 Å². The predicted molar refractivity (Wildman–Crippen MR) is 53.7 cm³/mol. The summed E-state index contributed by atoms with van der Waals surface area (Å²) < 4.78 is 9.68. The molecule has 0 aromatic heterocycles. The summed E-state index contributed by atoms with van der Waals surface area (Å²) in [5, 5.41) is 0. The monoisotopic (exact) mass is 214 g/mol. The summed E-state index contributed by atoms with van der Waals surface area (Å²) in [4.78, 5) is 11.1. The van der Waals surface area contributed by atoms with Gasteiger partial charge in [-0.05, 0) is 19.1 Å². The van der Waals surface area contributed by atoms with Crippen molar-refractivity contribution in [1.29, 1.82) is 0 Å². The van der Waals surface area contributed by atoms with Crippen molar-refractivity contribution < 1.29 is 14.3 Å². The van der Waals surface area contributed by atoms with Crippen LogP contribution in [0.4, 0.5) is 4.79 Å². The lowest BCUT2D eigenvalue weighted by Crippen LogP contribution is -2.19. The van der Waals surface area contributed by atoms with Gasteiger partial charge in [0.2, 0.25) is 0 Å². The minimum Gasteiger partial charge on any atom is -0.430 e. The van der Waals surface area contributed by atoms with E-state index in [9.17, 15) is 4.79 Å². The van der Waals surface area contributed by atoms with Gasteiger partial charge in [-0.15, -0.1) is 11.6 Å². The van der Waals surface area contributed by atoms with E-state index < -0.39 is 6.16 Å². The first kappa shape index (κ1) is 10.9. The van der Waals surface area contributed by atoms with Gasteiger partial charge in [-0.1, -0.05) is 18.2 Å². The molecular weight excluding hydrogens is 204 g/mol. The molecule has 0 bridgehead atoms. The molecule has 0 aliphatic carbocycles. The maximum atomic E-state index is 11.1. The number of hydrogen-bond acceptors (Lipinski definition) is 3. The Balaban J connectivity index is 2.42. The zero-order chi connectivity index (χ0) is 10.4. The minimum atomic E-state index is -0.732. The second-order valence-corrected chi connectivity index (χ2v) is 3.06. The van der Waals surface area contributed by atoms with Gasteiger partial charge in [-0.2, -0.15) is 0 Å². The normalized spacial score (nSPS) is 11.9. The van der Waals surface area contributed by atoms with Crippen molar-refractivity contribution >= 4 is 17.8 Å². The highest BCUT2D eigenvalue weighted by Gasteiger charge is 2.09. The van der Waals surface area contributed by atoms with E-state index in [0.717, 1.165) is 0 Å². The van der Waals surface area contributed by atoms with E-state index in [-0.39, 0.29) is 12.0 Å². The Morgan fingerprint density at radius 1 is 1.43 bits per heavy atom. The van der Waals surface area contributed by atoms with Crippen LogP contribution in [0.25, 0.3) is 0 Å². The fourth-order valence-electron chi connectivity index (χ4n) is 0.805. The second kappa shape index (κ2) is 5.50. The summed E-state index contributed by atoms with van der Waals surface area (Å²) in [5.41, 5.74) is 0. The quantitative estimate of drug-likeness (QED) is 0.441. The van der Waals surface area contributed by atoms with Crippen LogP contribution in [0.15, 0.2) is 30.3 Å². The van der Waals surface area contributed by atoms with Crippen molar-refractivity contribution in [2.75, 3.05) is 5.88 Å². The maximum Gasteiger partial charge on any atom is 0.514 e. The lowest BCUT2D eigenvalue weighted by Gasteiger charge is -2.09. The predicted octanol–water partition coefficient (Wildman–Crippen LogP) is 2.83. The molecule has 0 heterocycles. The Bertz CT molecular complexity index is 287. The number of carbonyl (C=O) groups excluding carboxylic acids is 1. The SMILES string of the molecule is CC(CCl)OC(=O)Oc1ccccc1. The van der Waals surface area contributed by atoms with Gasteiger partial charge in [0.05, 0.1) is 5.88 Å². The molecule has 14 heavy (non-hydrogen) atoms. The summed E-state index contributed by atoms with van der Waals surface area (Å²) in [5.74, 6) is 0.712. The molecule has 1 rings (SSSR count). The molecule has 0 radical (unpaired) electrons. The van der Waals surface area contributed by atoms with Gasteiger partial charge >= 0.3 is 6.16 Å². The molecule has 1 aromatic carbocycles. The van der Waals surface area contributed by atoms with Gasteiger partial charge in [-0.3, -0.25) is 0 Å². The lowest BCUT2D eigenvalue weighted by molar-refractivity contribution is 0.0740. The van der Waals surface area contributed by atoms with Gasteiger partial charge in [0, 0.05) is 0 Å². The number of hydrogen-bond donors (Lipinski definition) is 0. The van der Waals surface area contributed by atoms with Crippen LogP contribution in [0.2, 0.25) is 0 Å². The summed E-state index contributed by atoms with van der Waals surface area (Å²) in [6.07, 6.45) is -1.07. The summed E-state index contributed by atoms with van der Waals surface area (Å²) >= 11 is 5.47. The molecule has 0 saturated heterocycles. The second-order valence-electron chi connectivity index (χ2n) is 2.75. The molecule has 76 valence electrons. The topological polar surface area (TPSA) is 35.5 Å². The van der Waals surface area contributed by atoms with Crippen LogP contribution < -0.4 is 4.74 Å². The third-order valence-corrected chi connectivity index (χ3v) is 1.89. The molecule has 0 aliphatic rings. The molecule has 3 nitrogen and oxygen atoms in total. The summed E-state index contributed by atoms with van der Waals surface area (Å²) in [6.45, 7) is 1.69. The number of ether oxygens (including phenoxy) is 2. The van der Waals surface area contributed by atoms with E-state index >= 15 is 0 Å².